The van der Waals surface area contributed by atoms with Crippen LogP contribution in [0.15, 0.2) is 0 Å². The molecule has 128 valence electrons. The monoisotopic (exact) mass is 322 g/mol. The van der Waals surface area contributed by atoms with Crippen LogP contribution in [0.4, 0.5) is 18.0 Å². The van der Waals surface area contributed by atoms with Gasteiger partial charge in [0, 0.05) is 19.6 Å². The van der Waals surface area contributed by atoms with Gasteiger partial charge in [0.1, 0.15) is 0 Å². The predicted octanol–water partition coefficient (Wildman–Crippen LogP) is 2.91. The van der Waals surface area contributed by atoms with Crippen LogP contribution < -0.4 is 5.32 Å². The lowest BCUT2D eigenvalue weighted by Crippen LogP contribution is -2.50. The van der Waals surface area contributed by atoms with Gasteiger partial charge in [-0.2, -0.15) is 13.2 Å². The highest BCUT2D eigenvalue weighted by Gasteiger charge is 2.44. The fraction of sp³-hybridized carbons (Fsp3) is 0.933. The third kappa shape index (κ3) is 3.86. The van der Waals surface area contributed by atoms with Crippen LogP contribution in [0.5, 0.6) is 0 Å². The number of likely N-dealkylation sites (tertiary alicyclic amines) is 1. The van der Waals surface area contributed by atoms with E-state index in [-0.39, 0.29) is 37.4 Å². The number of nitrogens with one attached hydrogen (secondary N) is 1. The molecular weight excluding hydrogens is 297 g/mol. The van der Waals surface area contributed by atoms with Gasteiger partial charge in [0.05, 0.1) is 0 Å². The lowest BCUT2D eigenvalue weighted by molar-refractivity contribution is -0.222. The molecule has 0 aromatic rings. The molecule has 0 spiro atoms. The van der Waals surface area contributed by atoms with E-state index in [2.05, 4.69) is 12.2 Å². The van der Waals surface area contributed by atoms with E-state index in [0.717, 1.165) is 19.3 Å². The van der Waals surface area contributed by atoms with Crippen LogP contribution in [-0.2, 0) is 0 Å². The van der Waals surface area contributed by atoms with Gasteiger partial charge in [-0.05, 0) is 43.4 Å². The standard InChI is InChI=1S/C15H25F3N2O2/c1-2-14(6-3-7-14)10-19-13(22)20-8-4-11(5-9-20)12(21)15(16,17)18/h11-12,21H,2-10H2,1H3,(H,19,22). The van der Waals surface area contributed by atoms with Gasteiger partial charge in [0.2, 0.25) is 0 Å². The van der Waals surface area contributed by atoms with E-state index in [9.17, 15) is 23.1 Å². The summed E-state index contributed by atoms with van der Waals surface area (Å²) in [6.45, 7) is 3.30. The Hall–Kier alpha value is -0.980. The molecule has 1 heterocycles. The Morgan fingerprint density at radius 1 is 1.36 bits per heavy atom. The van der Waals surface area contributed by atoms with E-state index in [1.807, 2.05) is 0 Å². The summed E-state index contributed by atoms with van der Waals surface area (Å²) < 4.78 is 37.4. The molecule has 22 heavy (non-hydrogen) atoms. The number of urea groups is 1. The Bertz CT molecular complexity index is 383. The summed E-state index contributed by atoms with van der Waals surface area (Å²) >= 11 is 0. The van der Waals surface area contributed by atoms with Gasteiger partial charge < -0.3 is 15.3 Å². The van der Waals surface area contributed by atoms with Gasteiger partial charge in [0.25, 0.3) is 0 Å². The Kier molecular flexibility index (Phi) is 5.25. The smallest absolute Gasteiger partial charge is 0.383 e. The molecule has 0 aromatic carbocycles. The van der Waals surface area contributed by atoms with Crippen molar-refractivity contribution in [1.82, 2.24) is 10.2 Å². The highest BCUT2D eigenvalue weighted by Crippen LogP contribution is 2.43. The molecular formula is C15H25F3N2O2. The first-order valence-corrected chi connectivity index (χ1v) is 8.05. The zero-order chi connectivity index (χ0) is 16.4. The predicted molar refractivity (Wildman–Crippen MR) is 76.3 cm³/mol. The topological polar surface area (TPSA) is 52.6 Å². The molecule has 0 radical (unpaired) electrons. The van der Waals surface area contributed by atoms with Crippen LogP contribution >= 0.6 is 0 Å². The Balaban J connectivity index is 1.75. The molecule has 1 atom stereocenters. The van der Waals surface area contributed by atoms with Gasteiger partial charge >= 0.3 is 12.2 Å². The molecule has 0 aromatic heterocycles. The number of carbonyl (C=O) groups excluding carboxylic acids is 1. The molecule has 4 nitrogen and oxygen atoms in total. The van der Waals surface area contributed by atoms with Crippen molar-refractivity contribution in [3.63, 3.8) is 0 Å². The minimum atomic E-state index is -4.58. The van der Waals surface area contributed by atoms with Gasteiger partial charge in [-0.3, -0.25) is 0 Å². The van der Waals surface area contributed by atoms with Crippen molar-refractivity contribution in [2.45, 2.75) is 57.7 Å². The summed E-state index contributed by atoms with van der Waals surface area (Å²) in [6, 6.07) is -0.195. The third-order valence-electron chi connectivity index (χ3n) is 5.39. The van der Waals surface area contributed by atoms with Crippen molar-refractivity contribution in [2.24, 2.45) is 11.3 Å². The first-order valence-electron chi connectivity index (χ1n) is 8.05. The largest absolute Gasteiger partial charge is 0.414 e. The highest BCUT2D eigenvalue weighted by atomic mass is 19.4. The first-order chi connectivity index (χ1) is 10.3. The normalized spacial score (nSPS) is 23.8. The first kappa shape index (κ1) is 17.4. The molecule has 1 saturated heterocycles. The molecule has 1 saturated carbocycles. The summed E-state index contributed by atoms with van der Waals surface area (Å²) in [4.78, 5) is 13.7. The van der Waals surface area contributed by atoms with E-state index < -0.39 is 18.2 Å². The van der Waals surface area contributed by atoms with Crippen molar-refractivity contribution < 1.29 is 23.1 Å². The maximum Gasteiger partial charge on any atom is 0.414 e. The number of alkyl halides is 3. The maximum absolute atomic E-state index is 12.5. The summed E-state index contributed by atoms with van der Waals surface area (Å²) in [5.74, 6) is -0.808. The summed E-state index contributed by atoms with van der Waals surface area (Å²) in [5.41, 5.74) is 0.223. The number of aliphatic hydroxyl groups is 1. The summed E-state index contributed by atoms with van der Waals surface area (Å²) in [6.07, 6.45) is -1.99. The SMILES string of the molecule is CCC1(CNC(=O)N2CCC(C(O)C(F)(F)F)CC2)CCC1. The second-order valence-corrected chi connectivity index (χ2v) is 6.68. The van der Waals surface area contributed by atoms with Crippen molar-refractivity contribution >= 4 is 6.03 Å². The molecule has 0 bridgehead atoms. The van der Waals surface area contributed by atoms with Gasteiger partial charge in [-0.25, -0.2) is 4.79 Å². The number of aliphatic hydroxyl groups excluding tert-OH is 1. The Morgan fingerprint density at radius 2 is 1.95 bits per heavy atom. The number of halogens is 3. The van der Waals surface area contributed by atoms with Gasteiger partial charge in [-0.1, -0.05) is 13.3 Å². The van der Waals surface area contributed by atoms with Crippen molar-refractivity contribution in [2.75, 3.05) is 19.6 Å². The molecule has 2 N–H and O–H groups in total. The molecule has 1 unspecified atom stereocenters. The van der Waals surface area contributed by atoms with Crippen LogP contribution in [0.1, 0.15) is 45.4 Å². The van der Waals surface area contributed by atoms with E-state index in [1.165, 1.54) is 6.42 Å². The van der Waals surface area contributed by atoms with E-state index in [0.29, 0.717) is 6.54 Å². The molecule has 2 fully saturated rings. The average molecular weight is 322 g/mol. The quantitative estimate of drug-likeness (QED) is 0.836. The van der Waals surface area contributed by atoms with E-state index in [1.54, 1.807) is 4.90 Å². The van der Waals surface area contributed by atoms with Crippen molar-refractivity contribution in [3.05, 3.63) is 0 Å². The lowest BCUT2D eigenvalue weighted by atomic mass is 9.67. The third-order valence-corrected chi connectivity index (χ3v) is 5.39. The fourth-order valence-electron chi connectivity index (χ4n) is 3.39. The van der Waals surface area contributed by atoms with Crippen LogP contribution in [0, 0.1) is 11.3 Å². The van der Waals surface area contributed by atoms with Gasteiger partial charge in [-0.15, -0.1) is 0 Å². The molecule has 7 heteroatoms. The minimum absolute atomic E-state index is 0.188. The highest BCUT2D eigenvalue weighted by molar-refractivity contribution is 5.74. The summed E-state index contributed by atoms with van der Waals surface area (Å²) in [5, 5.41) is 12.2. The Labute approximate surface area is 129 Å². The molecule has 1 aliphatic carbocycles. The van der Waals surface area contributed by atoms with Crippen LogP contribution in [0.25, 0.3) is 0 Å². The Morgan fingerprint density at radius 3 is 2.36 bits per heavy atom. The average Bonchev–Trinajstić information content (AvgIpc) is 2.45. The number of amides is 2. The van der Waals surface area contributed by atoms with Crippen molar-refractivity contribution in [3.8, 4) is 0 Å². The number of rotatable bonds is 4. The second-order valence-electron chi connectivity index (χ2n) is 6.68. The van der Waals surface area contributed by atoms with Gasteiger partial charge in [0.15, 0.2) is 6.10 Å². The van der Waals surface area contributed by atoms with Crippen LogP contribution in [0.2, 0.25) is 0 Å². The lowest BCUT2D eigenvalue weighted by Gasteiger charge is -2.42. The molecule has 2 aliphatic rings. The minimum Gasteiger partial charge on any atom is -0.383 e. The number of nitrogens with zero attached hydrogens (tertiary/aromatic N) is 1. The number of piperidine rings is 1. The zero-order valence-electron chi connectivity index (χ0n) is 13.0. The van der Waals surface area contributed by atoms with Crippen molar-refractivity contribution in [1.29, 1.82) is 0 Å². The molecule has 1 aliphatic heterocycles. The maximum atomic E-state index is 12.5. The van der Waals surface area contributed by atoms with Crippen LogP contribution in [0.3, 0.4) is 0 Å². The second kappa shape index (κ2) is 6.64. The number of carbonyl (C=O) groups is 1. The molecule has 2 amide bonds. The summed E-state index contributed by atoms with van der Waals surface area (Å²) in [7, 11) is 0. The van der Waals surface area contributed by atoms with Crippen LogP contribution in [-0.4, -0.2) is 48.0 Å². The number of hydrogen-bond acceptors (Lipinski definition) is 2. The molecule has 2 rings (SSSR count). The fourth-order valence-corrected chi connectivity index (χ4v) is 3.39. The van der Waals surface area contributed by atoms with E-state index >= 15 is 0 Å². The zero-order valence-corrected chi connectivity index (χ0v) is 13.0. The van der Waals surface area contributed by atoms with E-state index in [4.69, 9.17) is 0 Å². The number of hydrogen-bond donors (Lipinski definition) is 2.